The van der Waals surface area contributed by atoms with Gasteiger partial charge in [0.2, 0.25) is 5.91 Å². The number of likely N-dealkylation sites (N-methyl/N-ethyl adjacent to an activating group) is 1. The van der Waals surface area contributed by atoms with Crippen LogP contribution in [0.15, 0.2) is 0 Å². The largest absolute Gasteiger partial charge is 0.481 e. The summed E-state index contributed by atoms with van der Waals surface area (Å²) in [4.78, 5) is 24.6. The quantitative estimate of drug-likeness (QED) is 0.751. The van der Waals surface area contributed by atoms with Crippen LogP contribution in [0.1, 0.15) is 38.5 Å². The van der Waals surface area contributed by atoms with E-state index in [4.69, 9.17) is 9.84 Å². The normalized spacial score (nSPS) is 17.7. The van der Waals surface area contributed by atoms with Gasteiger partial charge in [0.25, 0.3) is 0 Å². The minimum Gasteiger partial charge on any atom is -0.481 e. The predicted molar refractivity (Wildman–Crippen MR) is 67.3 cm³/mol. The van der Waals surface area contributed by atoms with Crippen LogP contribution in [-0.2, 0) is 14.3 Å². The standard InChI is InChI=1S/C13H23NO4/c1-14(7-8-18-2)11(15)9-13(10-12(16)17)5-3-4-6-13/h3-10H2,1-2H3,(H,16,17). The van der Waals surface area contributed by atoms with Crippen molar-refractivity contribution in [1.82, 2.24) is 4.90 Å². The fourth-order valence-electron chi connectivity index (χ4n) is 2.67. The fraction of sp³-hybridized carbons (Fsp3) is 0.846. The summed E-state index contributed by atoms with van der Waals surface area (Å²) < 4.78 is 4.93. The molecule has 0 aliphatic heterocycles. The van der Waals surface area contributed by atoms with Crippen molar-refractivity contribution in [1.29, 1.82) is 0 Å². The molecule has 0 aromatic rings. The Morgan fingerprint density at radius 2 is 1.89 bits per heavy atom. The topological polar surface area (TPSA) is 66.8 Å². The second-order valence-electron chi connectivity index (χ2n) is 5.26. The van der Waals surface area contributed by atoms with E-state index in [-0.39, 0.29) is 17.7 Å². The van der Waals surface area contributed by atoms with Gasteiger partial charge in [0.1, 0.15) is 0 Å². The molecule has 1 fully saturated rings. The number of ether oxygens (including phenoxy) is 1. The smallest absolute Gasteiger partial charge is 0.303 e. The third kappa shape index (κ3) is 4.29. The van der Waals surface area contributed by atoms with Crippen molar-refractivity contribution in [3.8, 4) is 0 Å². The number of nitrogens with zero attached hydrogens (tertiary/aromatic N) is 1. The Morgan fingerprint density at radius 1 is 1.28 bits per heavy atom. The first kappa shape index (κ1) is 15.0. The van der Waals surface area contributed by atoms with Crippen LogP contribution in [0.3, 0.4) is 0 Å². The summed E-state index contributed by atoms with van der Waals surface area (Å²) in [6.07, 6.45) is 4.22. The summed E-state index contributed by atoms with van der Waals surface area (Å²) in [5, 5.41) is 8.99. The molecule has 0 aromatic carbocycles. The van der Waals surface area contributed by atoms with Crippen molar-refractivity contribution in [3.05, 3.63) is 0 Å². The molecule has 0 radical (unpaired) electrons. The molecule has 0 bridgehead atoms. The Morgan fingerprint density at radius 3 is 2.39 bits per heavy atom. The monoisotopic (exact) mass is 257 g/mol. The van der Waals surface area contributed by atoms with Crippen LogP contribution in [0.4, 0.5) is 0 Å². The maximum atomic E-state index is 12.1. The van der Waals surface area contributed by atoms with E-state index >= 15 is 0 Å². The van der Waals surface area contributed by atoms with E-state index in [9.17, 15) is 9.59 Å². The van der Waals surface area contributed by atoms with Crippen molar-refractivity contribution in [3.63, 3.8) is 0 Å². The number of carbonyl (C=O) groups excluding carboxylic acids is 1. The van der Waals surface area contributed by atoms with E-state index in [1.54, 1.807) is 19.1 Å². The van der Waals surface area contributed by atoms with Gasteiger partial charge in [-0.25, -0.2) is 0 Å². The Kier molecular flexibility index (Phi) is 5.59. The van der Waals surface area contributed by atoms with Gasteiger partial charge in [-0.05, 0) is 18.3 Å². The minimum absolute atomic E-state index is 0.0233. The zero-order chi connectivity index (χ0) is 13.6. The van der Waals surface area contributed by atoms with E-state index in [0.29, 0.717) is 19.6 Å². The number of carboxylic acids is 1. The fourth-order valence-corrected chi connectivity index (χ4v) is 2.67. The molecule has 1 rings (SSSR count). The van der Waals surface area contributed by atoms with Crippen molar-refractivity contribution >= 4 is 11.9 Å². The Balaban J connectivity index is 2.55. The lowest BCUT2D eigenvalue weighted by molar-refractivity contribution is -0.141. The Hall–Kier alpha value is -1.10. The van der Waals surface area contributed by atoms with Crippen LogP contribution < -0.4 is 0 Å². The lowest BCUT2D eigenvalue weighted by Crippen LogP contribution is -2.35. The average molecular weight is 257 g/mol. The highest BCUT2D eigenvalue weighted by molar-refractivity contribution is 5.78. The first-order valence-electron chi connectivity index (χ1n) is 6.44. The maximum Gasteiger partial charge on any atom is 0.303 e. The molecule has 5 nitrogen and oxygen atoms in total. The van der Waals surface area contributed by atoms with Gasteiger partial charge in [-0.2, -0.15) is 0 Å². The number of hydrogen-bond acceptors (Lipinski definition) is 3. The number of carboxylic acid groups (broad SMARTS) is 1. The molecule has 0 heterocycles. The van der Waals surface area contributed by atoms with Crippen LogP contribution in [-0.4, -0.2) is 49.2 Å². The first-order chi connectivity index (χ1) is 8.49. The van der Waals surface area contributed by atoms with Crippen molar-refractivity contribution in [2.24, 2.45) is 5.41 Å². The van der Waals surface area contributed by atoms with E-state index in [0.717, 1.165) is 25.7 Å². The Labute approximate surface area is 108 Å². The van der Waals surface area contributed by atoms with Crippen LogP contribution in [0, 0.1) is 5.41 Å². The zero-order valence-corrected chi connectivity index (χ0v) is 11.3. The molecule has 18 heavy (non-hydrogen) atoms. The van der Waals surface area contributed by atoms with Gasteiger partial charge >= 0.3 is 5.97 Å². The molecular formula is C13H23NO4. The van der Waals surface area contributed by atoms with Gasteiger partial charge in [0.05, 0.1) is 13.0 Å². The predicted octanol–water partition coefficient (Wildman–Crippen LogP) is 1.52. The summed E-state index contributed by atoms with van der Waals surface area (Å²) in [5.74, 6) is -0.778. The second kappa shape index (κ2) is 6.73. The molecule has 0 saturated heterocycles. The number of hydrogen-bond donors (Lipinski definition) is 1. The average Bonchev–Trinajstić information content (AvgIpc) is 2.72. The summed E-state index contributed by atoms with van der Waals surface area (Å²) >= 11 is 0. The van der Waals surface area contributed by atoms with Crippen LogP contribution in [0.2, 0.25) is 0 Å². The first-order valence-corrected chi connectivity index (χ1v) is 6.44. The van der Waals surface area contributed by atoms with Crippen LogP contribution in [0.5, 0.6) is 0 Å². The molecule has 1 saturated carbocycles. The lowest BCUT2D eigenvalue weighted by Gasteiger charge is -2.28. The highest BCUT2D eigenvalue weighted by atomic mass is 16.5. The molecular weight excluding hydrogens is 234 g/mol. The third-order valence-corrected chi connectivity index (χ3v) is 3.77. The van der Waals surface area contributed by atoms with Crippen molar-refractivity contribution < 1.29 is 19.4 Å². The SMILES string of the molecule is COCCN(C)C(=O)CC1(CC(=O)O)CCCC1. The van der Waals surface area contributed by atoms with Crippen molar-refractivity contribution in [2.75, 3.05) is 27.3 Å². The molecule has 5 heteroatoms. The van der Waals surface area contributed by atoms with Crippen molar-refractivity contribution in [2.45, 2.75) is 38.5 Å². The number of aliphatic carboxylic acids is 1. The summed E-state index contributed by atoms with van der Waals surface area (Å²) in [7, 11) is 3.34. The summed E-state index contributed by atoms with van der Waals surface area (Å²) in [5.41, 5.74) is -0.315. The molecule has 0 spiro atoms. The van der Waals surface area contributed by atoms with Gasteiger partial charge in [0, 0.05) is 27.1 Å². The zero-order valence-electron chi connectivity index (χ0n) is 11.3. The number of rotatable bonds is 7. The molecule has 0 unspecified atom stereocenters. The molecule has 1 N–H and O–H groups in total. The molecule has 1 aliphatic carbocycles. The second-order valence-corrected chi connectivity index (χ2v) is 5.26. The van der Waals surface area contributed by atoms with E-state index in [1.165, 1.54) is 0 Å². The number of carbonyl (C=O) groups is 2. The maximum absolute atomic E-state index is 12.1. The van der Waals surface area contributed by atoms with Gasteiger partial charge in [-0.15, -0.1) is 0 Å². The highest BCUT2D eigenvalue weighted by Crippen LogP contribution is 2.44. The van der Waals surface area contributed by atoms with E-state index < -0.39 is 5.97 Å². The van der Waals surface area contributed by atoms with Gasteiger partial charge in [0.15, 0.2) is 0 Å². The number of amides is 1. The third-order valence-electron chi connectivity index (χ3n) is 3.77. The molecule has 0 aromatic heterocycles. The van der Waals surface area contributed by atoms with Crippen LogP contribution >= 0.6 is 0 Å². The summed E-state index contributed by atoms with van der Waals surface area (Å²) in [6.45, 7) is 1.06. The summed E-state index contributed by atoms with van der Waals surface area (Å²) in [6, 6.07) is 0. The van der Waals surface area contributed by atoms with E-state index in [2.05, 4.69) is 0 Å². The molecule has 1 amide bonds. The van der Waals surface area contributed by atoms with Gasteiger partial charge in [-0.3, -0.25) is 9.59 Å². The lowest BCUT2D eigenvalue weighted by atomic mass is 9.79. The highest BCUT2D eigenvalue weighted by Gasteiger charge is 2.38. The molecule has 104 valence electrons. The van der Waals surface area contributed by atoms with Crippen LogP contribution in [0.25, 0.3) is 0 Å². The number of methoxy groups -OCH3 is 1. The van der Waals surface area contributed by atoms with Gasteiger partial charge in [-0.1, -0.05) is 12.8 Å². The molecule has 1 aliphatic rings. The van der Waals surface area contributed by atoms with Gasteiger partial charge < -0.3 is 14.7 Å². The van der Waals surface area contributed by atoms with E-state index in [1.807, 2.05) is 0 Å². The Bertz CT molecular complexity index is 297. The minimum atomic E-state index is -0.802. The molecule has 0 atom stereocenters.